The molecule has 0 aliphatic carbocycles. The lowest BCUT2D eigenvalue weighted by Gasteiger charge is -2.09. The van der Waals surface area contributed by atoms with E-state index in [4.69, 9.17) is 0 Å². The normalized spacial score (nSPS) is 10.9. The van der Waals surface area contributed by atoms with Crippen molar-refractivity contribution in [1.29, 1.82) is 0 Å². The Morgan fingerprint density at radius 2 is 1.78 bits per heavy atom. The van der Waals surface area contributed by atoms with Crippen LogP contribution in [0.4, 0.5) is 5.69 Å². The highest BCUT2D eigenvalue weighted by atomic mass is 32.2. The molecule has 0 bridgehead atoms. The minimum Gasteiger partial charge on any atom is -0.465 e. The topological polar surface area (TPSA) is 102 Å². The lowest BCUT2D eigenvalue weighted by molar-refractivity contribution is 0.0607. The molecule has 0 radical (unpaired) electrons. The first-order valence-electron chi connectivity index (χ1n) is 6.40. The van der Waals surface area contributed by atoms with Crippen molar-refractivity contribution in [1.82, 2.24) is 5.32 Å². The van der Waals surface area contributed by atoms with Gasteiger partial charge in [-0.05, 0) is 35.7 Å². The lowest BCUT2D eigenvalue weighted by atomic mass is 10.2. The number of carbonyl (C=O) groups excluding carboxylic acids is 2. The summed E-state index contributed by atoms with van der Waals surface area (Å²) in [6.07, 6.45) is 0. The molecule has 0 atom stereocenters. The zero-order chi connectivity index (χ0) is 17.0. The number of carbonyl (C=O) groups is 2. The summed E-state index contributed by atoms with van der Waals surface area (Å²) in [5.41, 5.74) is 0.495. The van der Waals surface area contributed by atoms with Gasteiger partial charge in [-0.25, -0.2) is 13.2 Å². The maximum atomic E-state index is 12.4. The maximum Gasteiger partial charge on any atom is 0.350 e. The van der Waals surface area contributed by atoms with E-state index >= 15 is 0 Å². The number of ether oxygens (including phenoxy) is 1. The summed E-state index contributed by atoms with van der Waals surface area (Å²) in [6, 6.07) is 6.92. The molecule has 2 aromatic rings. The van der Waals surface area contributed by atoms with Gasteiger partial charge in [0, 0.05) is 12.6 Å². The quantitative estimate of drug-likeness (QED) is 0.796. The number of methoxy groups -OCH3 is 1. The van der Waals surface area contributed by atoms with Gasteiger partial charge in [0.25, 0.3) is 15.9 Å². The Labute approximate surface area is 137 Å². The summed E-state index contributed by atoms with van der Waals surface area (Å²) in [5.74, 6) is -0.930. The van der Waals surface area contributed by atoms with Gasteiger partial charge in [0.05, 0.1) is 17.7 Å². The Balaban J connectivity index is 2.28. The van der Waals surface area contributed by atoms with Gasteiger partial charge in [-0.1, -0.05) is 0 Å². The van der Waals surface area contributed by atoms with Crippen molar-refractivity contribution in [2.75, 3.05) is 18.9 Å². The highest BCUT2D eigenvalue weighted by Crippen LogP contribution is 2.26. The molecule has 122 valence electrons. The standard InChI is InChI=1S/C14H14N2O5S2/c1-15-13(17)9-3-5-10(6-4-9)23(19,20)16-11-7-8-22-12(11)14(18)21-2/h3-8,16H,1-2H3,(H,15,17). The van der Waals surface area contributed by atoms with Gasteiger partial charge in [-0.3, -0.25) is 9.52 Å². The van der Waals surface area contributed by atoms with Crippen LogP contribution in [0.3, 0.4) is 0 Å². The number of benzene rings is 1. The zero-order valence-corrected chi connectivity index (χ0v) is 14.0. The summed E-state index contributed by atoms with van der Waals surface area (Å²) in [4.78, 5) is 23.2. The van der Waals surface area contributed by atoms with Gasteiger partial charge >= 0.3 is 5.97 Å². The van der Waals surface area contributed by atoms with Gasteiger partial charge in [-0.15, -0.1) is 11.3 Å². The van der Waals surface area contributed by atoms with Crippen molar-refractivity contribution in [2.24, 2.45) is 0 Å². The van der Waals surface area contributed by atoms with Crippen molar-refractivity contribution in [2.45, 2.75) is 4.90 Å². The van der Waals surface area contributed by atoms with Crippen LogP contribution in [-0.2, 0) is 14.8 Å². The van der Waals surface area contributed by atoms with E-state index in [-0.39, 0.29) is 21.4 Å². The van der Waals surface area contributed by atoms with E-state index in [2.05, 4.69) is 14.8 Å². The van der Waals surface area contributed by atoms with Crippen molar-refractivity contribution in [3.05, 3.63) is 46.2 Å². The average Bonchev–Trinajstić information content (AvgIpc) is 3.00. The number of hydrogen-bond acceptors (Lipinski definition) is 6. The molecule has 23 heavy (non-hydrogen) atoms. The molecule has 1 amide bonds. The first-order chi connectivity index (χ1) is 10.9. The third kappa shape index (κ3) is 3.69. The summed E-state index contributed by atoms with van der Waals surface area (Å²) < 4.78 is 31.7. The predicted molar refractivity (Wildman–Crippen MR) is 86.3 cm³/mol. The Kier molecular flexibility index (Phi) is 5.02. The van der Waals surface area contributed by atoms with Crippen molar-refractivity contribution < 1.29 is 22.7 Å². The van der Waals surface area contributed by atoms with Crippen LogP contribution >= 0.6 is 11.3 Å². The van der Waals surface area contributed by atoms with E-state index in [9.17, 15) is 18.0 Å². The van der Waals surface area contributed by atoms with E-state index in [0.717, 1.165) is 11.3 Å². The molecule has 0 unspecified atom stereocenters. The number of anilines is 1. The van der Waals surface area contributed by atoms with Crippen LogP contribution in [-0.4, -0.2) is 34.5 Å². The molecule has 0 aliphatic rings. The fraction of sp³-hybridized carbons (Fsp3) is 0.143. The van der Waals surface area contributed by atoms with Gasteiger partial charge in [-0.2, -0.15) is 0 Å². The first kappa shape index (κ1) is 17.0. The number of rotatable bonds is 5. The van der Waals surface area contributed by atoms with Gasteiger partial charge in [0.2, 0.25) is 0 Å². The van der Waals surface area contributed by atoms with Crippen LogP contribution in [0.2, 0.25) is 0 Å². The predicted octanol–water partition coefficient (Wildman–Crippen LogP) is 1.70. The van der Waals surface area contributed by atoms with Gasteiger partial charge < -0.3 is 10.1 Å². The summed E-state index contributed by atoms with van der Waals surface area (Å²) in [5, 5.41) is 4.03. The highest BCUT2D eigenvalue weighted by molar-refractivity contribution is 7.92. The second kappa shape index (κ2) is 6.80. The van der Waals surface area contributed by atoms with E-state index in [1.165, 1.54) is 44.5 Å². The molecule has 2 N–H and O–H groups in total. The lowest BCUT2D eigenvalue weighted by Crippen LogP contribution is -2.18. The fourth-order valence-electron chi connectivity index (χ4n) is 1.77. The summed E-state index contributed by atoms with van der Waals surface area (Å²) >= 11 is 1.07. The van der Waals surface area contributed by atoms with Crippen molar-refractivity contribution in [3.8, 4) is 0 Å². The van der Waals surface area contributed by atoms with Crippen LogP contribution in [0.15, 0.2) is 40.6 Å². The number of esters is 1. The minimum atomic E-state index is -3.88. The van der Waals surface area contributed by atoms with Gasteiger partial charge in [0.1, 0.15) is 4.88 Å². The molecule has 0 spiro atoms. The van der Waals surface area contributed by atoms with Crippen LogP contribution in [0.5, 0.6) is 0 Å². The summed E-state index contributed by atoms with van der Waals surface area (Å²) in [7, 11) is -1.17. The molecule has 0 saturated carbocycles. The van der Waals surface area contributed by atoms with E-state index in [1.54, 1.807) is 5.38 Å². The molecule has 0 aliphatic heterocycles. The molecular weight excluding hydrogens is 340 g/mol. The Morgan fingerprint density at radius 3 is 2.35 bits per heavy atom. The van der Waals surface area contributed by atoms with Gasteiger partial charge in [0.15, 0.2) is 0 Å². The Morgan fingerprint density at radius 1 is 1.13 bits per heavy atom. The molecule has 0 saturated heterocycles. The van der Waals surface area contributed by atoms with Crippen LogP contribution in [0, 0.1) is 0 Å². The number of hydrogen-bond donors (Lipinski definition) is 2. The third-order valence-corrected chi connectivity index (χ3v) is 5.21. The average molecular weight is 354 g/mol. The number of thiophene rings is 1. The summed E-state index contributed by atoms with van der Waals surface area (Å²) in [6.45, 7) is 0. The van der Waals surface area contributed by atoms with Crippen molar-refractivity contribution in [3.63, 3.8) is 0 Å². The molecule has 2 rings (SSSR count). The molecular formula is C14H14N2O5S2. The van der Waals surface area contributed by atoms with Crippen molar-refractivity contribution >= 4 is 38.9 Å². The Bertz CT molecular complexity index is 825. The second-order valence-corrected chi connectivity index (χ2v) is 6.96. The third-order valence-electron chi connectivity index (χ3n) is 2.93. The van der Waals surface area contributed by atoms with E-state index in [1.807, 2.05) is 0 Å². The molecule has 7 nitrogen and oxygen atoms in total. The SMILES string of the molecule is CNC(=O)c1ccc(S(=O)(=O)Nc2ccsc2C(=O)OC)cc1. The second-order valence-electron chi connectivity index (χ2n) is 4.36. The Hall–Kier alpha value is -2.39. The number of sulfonamides is 1. The zero-order valence-electron chi connectivity index (χ0n) is 12.3. The molecule has 1 aromatic heterocycles. The largest absolute Gasteiger partial charge is 0.465 e. The van der Waals surface area contributed by atoms with Crippen LogP contribution < -0.4 is 10.0 Å². The van der Waals surface area contributed by atoms with Crippen LogP contribution in [0.1, 0.15) is 20.0 Å². The van der Waals surface area contributed by atoms with Crippen LogP contribution in [0.25, 0.3) is 0 Å². The highest BCUT2D eigenvalue weighted by Gasteiger charge is 2.20. The molecule has 1 aromatic carbocycles. The smallest absolute Gasteiger partial charge is 0.350 e. The molecule has 1 heterocycles. The fourth-order valence-corrected chi connectivity index (χ4v) is 3.68. The number of amides is 1. The number of nitrogens with one attached hydrogen (secondary N) is 2. The molecule has 0 fully saturated rings. The minimum absolute atomic E-state index is 0.0211. The van der Waals surface area contributed by atoms with E-state index < -0.39 is 16.0 Å². The van der Waals surface area contributed by atoms with E-state index in [0.29, 0.717) is 5.56 Å². The monoisotopic (exact) mass is 354 g/mol. The molecule has 9 heteroatoms. The first-order valence-corrected chi connectivity index (χ1v) is 8.76. The maximum absolute atomic E-state index is 12.4.